The van der Waals surface area contributed by atoms with Crippen molar-refractivity contribution in [1.82, 2.24) is 20.3 Å². The maximum Gasteiger partial charge on any atom is 0.135 e. The van der Waals surface area contributed by atoms with Crippen LogP contribution in [-0.2, 0) is 6.42 Å². The van der Waals surface area contributed by atoms with Crippen LogP contribution in [0.15, 0.2) is 54.9 Å². The molecule has 0 amide bonds. The van der Waals surface area contributed by atoms with Gasteiger partial charge in [0.2, 0.25) is 0 Å². The van der Waals surface area contributed by atoms with Crippen LogP contribution in [0, 0.1) is 0 Å². The van der Waals surface area contributed by atoms with E-state index in [9.17, 15) is 0 Å². The van der Waals surface area contributed by atoms with Crippen LogP contribution >= 0.6 is 0 Å². The third-order valence-electron chi connectivity index (χ3n) is 5.02. The maximum absolute atomic E-state index is 4.88. The van der Waals surface area contributed by atoms with Crippen LogP contribution in [0.2, 0.25) is 0 Å². The highest BCUT2D eigenvalue weighted by Crippen LogP contribution is 2.28. The Balaban J connectivity index is 1.73. The maximum atomic E-state index is 4.88. The molecule has 2 aromatic heterocycles. The van der Waals surface area contributed by atoms with Crippen LogP contribution < -0.4 is 10.6 Å². The van der Waals surface area contributed by atoms with E-state index in [1.54, 1.807) is 6.20 Å². The van der Waals surface area contributed by atoms with Crippen molar-refractivity contribution < 1.29 is 0 Å². The lowest BCUT2D eigenvalue weighted by molar-refractivity contribution is 0.447. The Hall–Kier alpha value is -2.79. The lowest BCUT2D eigenvalue weighted by Crippen LogP contribution is -2.29. The lowest BCUT2D eigenvalue weighted by Gasteiger charge is -2.22. The smallest absolute Gasteiger partial charge is 0.135 e. The summed E-state index contributed by atoms with van der Waals surface area (Å²) in [7, 11) is 0. The quantitative estimate of drug-likeness (QED) is 0.711. The molecule has 5 heteroatoms. The van der Waals surface area contributed by atoms with Crippen LogP contribution in [0.25, 0.3) is 11.3 Å². The van der Waals surface area contributed by atoms with Gasteiger partial charge in [0, 0.05) is 42.2 Å². The lowest BCUT2D eigenvalue weighted by atomic mass is 9.98. The van der Waals surface area contributed by atoms with Crippen molar-refractivity contribution in [3.63, 3.8) is 0 Å². The molecule has 1 aromatic carbocycles. The second-order valence-electron chi connectivity index (χ2n) is 6.92. The molecule has 0 bridgehead atoms. The predicted octanol–water partition coefficient (Wildman–Crippen LogP) is 4.31. The molecule has 0 saturated carbocycles. The number of para-hydroxylation sites is 1. The molecule has 1 atom stereocenters. The molecule has 0 radical (unpaired) electrons. The zero-order chi connectivity index (χ0) is 18.5. The van der Waals surface area contributed by atoms with E-state index in [1.165, 1.54) is 5.56 Å². The molecule has 1 fully saturated rings. The molecule has 0 unspecified atom stereocenters. The van der Waals surface area contributed by atoms with Gasteiger partial charge in [0.25, 0.3) is 0 Å². The Bertz CT molecular complexity index is 888. The number of aromatic nitrogens is 3. The van der Waals surface area contributed by atoms with Gasteiger partial charge in [-0.3, -0.25) is 4.98 Å². The van der Waals surface area contributed by atoms with Gasteiger partial charge in [-0.05, 0) is 49.6 Å². The molecule has 2 N–H and O–H groups in total. The summed E-state index contributed by atoms with van der Waals surface area (Å²) in [5, 5.41) is 6.99. The third kappa shape index (κ3) is 4.14. The van der Waals surface area contributed by atoms with Gasteiger partial charge in [0.15, 0.2) is 0 Å². The number of hydrogen-bond donors (Lipinski definition) is 2. The number of nitrogens with zero attached hydrogens (tertiary/aromatic N) is 3. The van der Waals surface area contributed by atoms with Crippen molar-refractivity contribution >= 4 is 11.5 Å². The summed E-state index contributed by atoms with van der Waals surface area (Å²) >= 11 is 0. The number of nitrogens with one attached hydrogen (secondary N) is 2. The van der Waals surface area contributed by atoms with Gasteiger partial charge in [-0.1, -0.05) is 25.1 Å². The number of piperidine rings is 1. The first-order chi connectivity index (χ1) is 13.3. The highest BCUT2D eigenvalue weighted by Gasteiger charge is 2.20. The normalized spacial score (nSPS) is 16.9. The van der Waals surface area contributed by atoms with Gasteiger partial charge in [0.1, 0.15) is 11.6 Å². The molecule has 5 nitrogen and oxygen atoms in total. The van der Waals surface area contributed by atoms with Crippen molar-refractivity contribution in [2.24, 2.45) is 0 Å². The van der Waals surface area contributed by atoms with E-state index in [-0.39, 0.29) is 0 Å². The second-order valence-corrected chi connectivity index (χ2v) is 6.92. The molecular weight excluding hydrogens is 334 g/mol. The summed E-state index contributed by atoms with van der Waals surface area (Å²) in [6.45, 7) is 4.18. The van der Waals surface area contributed by atoms with E-state index < -0.39 is 0 Å². The Morgan fingerprint density at radius 3 is 2.85 bits per heavy atom. The Morgan fingerprint density at radius 1 is 1.15 bits per heavy atom. The minimum Gasteiger partial charge on any atom is -0.340 e. The molecule has 0 aliphatic carbocycles. The zero-order valence-corrected chi connectivity index (χ0v) is 15.7. The average Bonchev–Trinajstić information content (AvgIpc) is 2.75. The predicted molar refractivity (Wildman–Crippen MR) is 109 cm³/mol. The topological polar surface area (TPSA) is 62.7 Å². The van der Waals surface area contributed by atoms with E-state index in [4.69, 9.17) is 9.97 Å². The van der Waals surface area contributed by atoms with Crippen LogP contribution in [0.3, 0.4) is 0 Å². The van der Waals surface area contributed by atoms with Crippen molar-refractivity contribution in [2.75, 3.05) is 18.4 Å². The first kappa shape index (κ1) is 17.6. The van der Waals surface area contributed by atoms with Gasteiger partial charge >= 0.3 is 0 Å². The van der Waals surface area contributed by atoms with E-state index >= 15 is 0 Å². The number of pyridine rings is 1. The van der Waals surface area contributed by atoms with Crippen LogP contribution in [0.4, 0.5) is 11.5 Å². The zero-order valence-electron chi connectivity index (χ0n) is 15.7. The highest BCUT2D eigenvalue weighted by atomic mass is 15.0. The summed E-state index contributed by atoms with van der Waals surface area (Å²) in [5.41, 5.74) is 4.30. The molecule has 27 heavy (non-hydrogen) atoms. The molecule has 3 heterocycles. The fraction of sp³-hybridized carbons (Fsp3) is 0.318. The number of aryl methyl sites for hydroxylation is 1. The summed E-state index contributed by atoms with van der Waals surface area (Å²) in [6.07, 6.45) is 6.90. The van der Waals surface area contributed by atoms with Crippen molar-refractivity contribution in [3.8, 4) is 11.3 Å². The largest absolute Gasteiger partial charge is 0.340 e. The van der Waals surface area contributed by atoms with Gasteiger partial charge < -0.3 is 10.6 Å². The van der Waals surface area contributed by atoms with E-state index in [1.807, 2.05) is 24.4 Å². The van der Waals surface area contributed by atoms with Crippen LogP contribution in [-0.4, -0.2) is 28.0 Å². The molecular formula is C22H25N5. The molecule has 4 rings (SSSR count). The number of hydrogen-bond acceptors (Lipinski definition) is 5. The molecule has 1 saturated heterocycles. The van der Waals surface area contributed by atoms with E-state index in [2.05, 4.69) is 46.8 Å². The fourth-order valence-corrected chi connectivity index (χ4v) is 3.54. The van der Waals surface area contributed by atoms with Crippen LogP contribution in [0.1, 0.15) is 37.1 Å². The Kier molecular flexibility index (Phi) is 5.39. The molecule has 3 aromatic rings. The second kappa shape index (κ2) is 8.27. The van der Waals surface area contributed by atoms with Crippen LogP contribution in [0.5, 0.6) is 0 Å². The first-order valence-electron chi connectivity index (χ1n) is 9.68. The van der Waals surface area contributed by atoms with Gasteiger partial charge in [-0.15, -0.1) is 0 Å². The minimum atomic E-state index is 0.345. The number of rotatable bonds is 5. The number of anilines is 2. The summed E-state index contributed by atoms with van der Waals surface area (Å²) < 4.78 is 0. The average molecular weight is 359 g/mol. The number of benzene rings is 1. The summed E-state index contributed by atoms with van der Waals surface area (Å²) in [5.74, 6) is 2.09. The van der Waals surface area contributed by atoms with Gasteiger partial charge in [0.05, 0.1) is 5.69 Å². The molecule has 0 spiro atoms. The highest BCUT2D eigenvalue weighted by molar-refractivity contribution is 5.66. The molecule has 1 aliphatic rings. The van der Waals surface area contributed by atoms with Gasteiger partial charge in [-0.2, -0.15) is 0 Å². The standard InChI is InChI=1S/C22H25N5/c1-2-16-7-3-4-10-19(16)25-21-13-20(17-8-5-11-23-14-17)26-22(27-21)18-9-6-12-24-15-18/h3-5,7-8,10-11,13-14,18,24H,2,6,9,12,15H2,1H3,(H,25,26,27)/t18-/m0/s1. The van der Waals surface area contributed by atoms with Gasteiger partial charge in [-0.25, -0.2) is 9.97 Å². The van der Waals surface area contributed by atoms with Crippen molar-refractivity contribution in [1.29, 1.82) is 0 Å². The Labute approximate surface area is 160 Å². The Morgan fingerprint density at radius 2 is 2.07 bits per heavy atom. The first-order valence-corrected chi connectivity index (χ1v) is 9.68. The van der Waals surface area contributed by atoms with Crippen molar-refractivity contribution in [2.45, 2.75) is 32.1 Å². The van der Waals surface area contributed by atoms with Crippen molar-refractivity contribution in [3.05, 3.63) is 66.2 Å². The monoisotopic (exact) mass is 359 g/mol. The third-order valence-corrected chi connectivity index (χ3v) is 5.02. The molecule has 1 aliphatic heterocycles. The molecule has 138 valence electrons. The fourth-order valence-electron chi connectivity index (χ4n) is 3.54. The SMILES string of the molecule is CCc1ccccc1Nc1cc(-c2cccnc2)nc([C@H]2CCCNC2)n1. The minimum absolute atomic E-state index is 0.345. The summed E-state index contributed by atoms with van der Waals surface area (Å²) in [4.78, 5) is 14.0. The summed E-state index contributed by atoms with van der Waals surface area (Å²) in [6, 6.07) is 14.4. The van der Waals surface area contributed by atoms with E-state index in [0.29, 0.717) is 5.92 Å². The van der Waals surface area contributed by atoms with E-state index in [0.717, 1.165) is 60.9 Å².